The van der Waals surface area contributed by atoms with Crippen molar-refractivity contribution in [2.24, 2.45) is 0 Å². The van der Waals surface area contributed by atoms with E-state index in [-0.39, 0.29) is 0 Å². The third-order valence-electron chi connectivity index (χ3n) is 4.03. The van der Waals surface area contributed by atoms with E-state index in [1.807, 2.05) is 0 Å². The van der Waals surface area contributed by atoms with Crippen LogP contribution in [0.3, 0.4) is 0 Å². The van der Waals surface area contributed by atoms with Crippen molar-refractivity contribution in [1.29, 1.82) is 0 Å². The third kappa shape index (κ3) is 7.44. The van der Waals surface area contributed by atoms with Crippen molar-refractivity contribution in [2.45, 2.75) is 90.9 Å². The molecule has 0 radical (unpaired) electrons. The monoisotopic (exact) mass is 263 g/mol. The molecule has 0 amide bonds. The molecule has 0 bridgehead atoms. The Kier molecular flexibility index (Phi) is 9.57. The van der Waals surface area contributed by atoms with Gasteiger partial charge in [-0.1, -0.05) is 65.2 Å². The molecule has 1 heteroatoms. The minimum absolute atomic E-state index is 1.26. The Morgan fingerprint density at radius 1 is 0.632 bits per heavy atom. The molecule has 1 aromatic rings. The van der Waals surface area contributed by atoms with Crippen LogP contribution in [0.2, 0.25) is 0 Å². The average molecular weight is 263 g/mol. The molecule has 0 saturated heterocycles. The molecule has 1 heterocycles. The van der Waals surface area contributed by atoms with Gasteiger partial charge in [0.2, 0.25) is 0 Å². The van der Waals surface area contributed by atoms with Crippen LogP contribution in [0.1, 0.15) is 89.2 Å². The Bertz CT molecular complexity index is 300. The summed E-state index contributed by atoms with van der Waals surface area (Å²) in [7, 11) is 0. The summed E-state index contributed by atoms with van der Waals surface area (Å²) in [6.07, 6.45) is 20.9. The van der Waals surface area contributed by atoms with Crippen molar-refractivity contribution in [1.82, 2.24) is 4.98 Å². The van der Waals surface area contributed by atoms with Crippen molar-refractivity contribution in [3.63, 3.8) is 0 Å². The first-order valence-corrected chi connectivity index (χ1v) is 8.53. The van der Waals surface area contributed by atoms with E-state index >= 15 is 0 Å². The first kappa shape index (κ1) is 16.3. The molecule has 0 aliphatic heterocycles. The third-order valence-corrected chi connectivity index (χ3v) is 4.03. The molecule has 0 fully saturated rings. The number of nitrogens with one attached hydrogen (secondary N) is 1. The zero-order chi connectivity index (χ0) is 13.8. The lowest BCUT2D eigenvalue weighted by Crippen LogP contribution is -1.91. The standard InChI is InChI=1S/C18H33N/c1-3-5-7-8-9-10-11-12-14-18-16-19-15-17(18)13-6-4-2/h15-16,19H,3-14H2,1-2H3. The number of aromatic nitrogens is 1. The van der Waals surface area contributed by atoms with E-state index < -0.39 is 0 Å². The number of H-pyrrole nitrogens is 1. The van der Waals surface area contributed by atoms with Crippen LogP contribution >= 0.6 is 0 Å². The largest absolute Gasteiger partial charge is 0.367 e. The molecule has 110 valence electrons. The number of aryl methyl sites for hydroxylation is 2. The summed E-state index contributed by atoms with van der Waals surface area (Å²) >= 11 is 0. The fourth-order valence-corrected chi connectivity index (χ4v) is 2.71. The van der Waals surface area contributed by atoms with Crippen molar-refractivity contribution < 1.29 is 0 Å². The molecule has 1 N–H and O–H groups in total. The predicted octanol–water partition coefficient (Wildman–Crippen LogP) is 6.04. The van der Waals surface area contributed by atoms with E-state index in [0.29, 0.717) is 0 Å². The zero-order valence-corrected chi connectivity index (χ0v) is 13.1. The number of hydrogen-bond acceptors (Lipinski definition) is 0. The Hall–Kier alpha value is -0.720. The SMILES string of the molecule is CCCCCCCCCCc1c[nH]cc1CCCC. The van der Waals surface area contributed by atoms with E-state index in [1.165, 1.54) is 77.0 Å². The van der Waals surface area contributed by atoms with E-state index in [9.17, 15) is 0 Å². The number of hydrogen-bond donors (Lipinski definition) is 1. The second-order valence-electron chi connectivity index (χ2n) is 5.83. The molecule has 0 aliphatic carbocycles. The predicted molar refractivity (Wildman–Crippen MR) is 85.7 cm³/mol. The van der Waals surface area contributed by atoms with Gasteiger partial charge in [0.05, 0.1) is 0 Å². The molecule has 1 nitrogen and oxygen atoms in total. The second kappa shape index (κ2) is 11.1. The van der Waals surface area contributed by atoms with Gasteiger partial charge in [-0.15, -0.1) is 0 Å². The van der Waals surface area contributed by atoms with Gasteiger partial charge in [-0.2, -0.15) is 0 Å². The van der Waals surface area contributed by atoms with Crippen LogP contribution in [-0.2, 0) is 12.8 Å². The molecule has 0 atom stereocenters. The maximum atomic E-state index is 3.28. The van der Waals surface area contributed by atoms with E-state index in [0.717, 1.165) is 0 Å². The molecular weight excluding hydrogens is 230 g/mol. The van der Waals surface area contributed by atoms with Gasteiger partial charge in [0, 0.05) is 12.4 Å². The van der Waals surface area contributed by atoms with Gasteiger partial charge in [-0.05, 0) is 36.8 Å². The van der Waals surface area contributed by atoms with Crippen LogP contribution in [0.25, 0.3) is 0 Å². The molecule has 1 aromatic heterocycles. The number of unbranched alkanes of at least 4 members (excludes halogenated alkanes) is 8. The minimum Gasteiger partial charge on any atom is -0.367 e. The van der Waals surface area contributed by atoms with Gasteiger partial charge >= 0.3 is 0 Å². The molecule has 0 aromatic carbocycles. The zero-order valence-electron chi connectivity index (χ0n) is 13.1. The summed E-state index contributed by atoms with van der Waals surface area (Å²) in [5.74, 6) is 0. The van der Waals surface area contributed by atoms with Gasteiger partial charge in [0.1, 0.15) is 0 Å². The van der Waals surface area contributed by atoms with Crippen molar-refractivity contribution in [3.8, 4) is 0 Å². The van der Waals surface area contributed by atoms with Crippen LogP contribution in [0.4, 0.5) is 0 Å². The highest BCUT2D eigenvalue weighted by Crippen LogP contribution is 2.16. The highest BCUT2D eigenvalue weighted by atomic mass is 14.6. The Morgan fingerprint density at radius 3 is 1.68 bits per heavy atom. The summed E-state index contributed by atoms with van der Waals surface area (Å²) < 4.78 is 0. The smallest absolute Gasteiger partial charge is 0.00401 e. The van der Waals surface area contributed by atoms with Gasteiger partial charge in [0.15, 0.2) is 0 Å². The first-order chi connectivity index (χ1) is 9.38. The summed E-state index contributed by atoms with van der Waals surface area (Å²) in [4.78, 5) is 3.28. The Labute approximate surface area is 120 Å². The Morgan fingerprint density at radius 2 is 1.11 bits per heavy atom. The summed E-state index contributed by atoms with van der Waals surface area (Å²) in [5.41, 5.74) is 3.13. The summed E-state index contributed by atoms with van der Waals surface area (Å²) in [6.45, 7) is 4.55. The van der Waals surface area contributed by atoms with Gasteiger partial charge in [-0.25, -0.2) is 0 Å². The fourth-order valence-electron chi connectivity index (χ4n) is 2.71. The number of rotatable bonds is 12. The lowest BCUT2D eigenvalue weighted by Gasteiger charge is -2.04. The Balaban J connectivity index is 2.04. The van der Waals surface area contributed by atoms with Gasteiger partial charge < -0.3 is 4.98 Å². The van der Waals surface area contributed by atoms with Crippen molar-refractivity contribution in [3.05, 3.63) is 23.5 Å². The molecule has 0 aliphatic rings. The highest BCUT2D eigenvalue weighted by molar-refractivity contribution is 5.23. The van der Waals surface area contributed by atoms with Crippen molar-refractivity contribution >= 4 is 0 Å². The number of aromatic amines is 1. The van der Waals surface area contributed by atoms with Crippen LogP contribution < -0.4 is 0 Å². The summed E-state index contributed by atoms with van der Waals surface area (Å²) in [5, 5.41) is 0. The maximum absolute atomic E-state index is 3.28. The van der Waals surface area contributed by atoms with Gasteiger partial charge in [-0.3, -0.25) is 0 Å². The molecule has 0 spiro atoms. The summed E-state index contributed by atoms with van der Waals surface area (Å²) in [6, 6.07) is 0. The molecule has 0 saturated carbocycles. The van der Waals surface area contributed by atoms with E-state index in [1.54, 1.807) is 11.1 Å². The lowest BCUT2D eigenvalue weighted by molar-refractivity contribution is 0.575. The molecule has 0 unspecified atom stereocenters. The lowest BCUT2D eigenvalue weighted by atomic mass is 10.0. The van der Waals surface area contributed by atoms with Gasteiger partial charge in [0.25, 0.3) is 0 Å². The quantitative estimate of drug-likeness (QED) is 0.442. The van der Waals surface area contributed by atoms with E-state index in [2.05, 4.69) is 31.2 Å². The van der Waals surface area contributed by atoms with Crippen LogP contribution in [0.5, 0.6) is 0 Å². The average Bonchev–Trinajstić information content (AvgIpc) is 2.87. The van der Waals surface area contributed by atoms with E-state index in [4.69, 9.17) is 0 Å². The van der Waals surface area contributed by atoms with Crippen LogP contribution in [0.15, 0.2) is 12.4 Å². The maximum Gasteiger partial charge on any atom is 0.00401 e. The van der Waals surface area contributed by atoms with Crippen molar-refractivity contribution in [2.75, 3.05) is 0 Å². The molecular formula is C18H33N. The first-order valence-electron chi connectivity index (χ1n) is 8.53. The van der Waals surface area contributed by atoms with Crippen LogP contribution in [0, 0.1) is 0 Å². The normalized spacial score (nSPS) is 11.1. The fraction of sp³-hybridized carbons (Fsp3) is 0.778. The molecule has 1 rings (SSSR count). The van der Waals surface area contributed by atoms with Crippen LogP contribution in [-0.4, -0.2) is 4.98 Å². The topological polar surface area (TPSA) is 15.8 Å². The second-order valence-corrected chi connectivity index (χ2v) is 5.83. The minimum atomic E-state index is 1.26. The molecule has 19 heavy (non-hydrogen) atoms. The highest BCUT2D eigenvalue weighted by Gasteiger charge is 2.02.